The Morgan fingerprint density at radius 1 is 0.865 bits per heavy atom. The average Bonchev–Trinajstić information content (AvgIpc) is 2.85. The number of amides is 2. The zero-order valence-corrected chi connectivity index (χ0v) is 21.7. The molecule has 0 heterocycles. The van der Waals surface area contributed by atoms with E-state index in [1.807, 2.05) is 0 Å². The van der Waals surface area contributed by atoms with E-state index >= 15 is 0 Å². The van der Waals surface area contributed by atoms with Crippen molar-refractivity contribution in [2.75, 3.05) is 17.7 Å². The number of methoxy groups -OCH3 is 1. The summed E-state index contributed by atoms with van der Waals surface area (Å²) in [7, 11) is 1.52. The fraction of sp³-hybridized carbons (Fsp3) is 0.250. The Bertz CT molecular complexity index is 1290. The summed E-state index contributed by atoms with van der Waals surface area (Å²) in [6.07, 6.45) is -0.364. The van der Waals surface area contributed by atoms with Gasteiger partial charge < -0.3 is 20.5 Å². The molecule has 0 unspecified atom stereocenters. The smallest absolute Gasteiger partial charge is 0.235 e. The molecule has 9 heteroatoms. The molecule has 4 rings (SSSR count). The molecule has 1 fully saturated rings. The fourth-order valence-electron chi connectivity index (χ4n) is 4.82. The zero-order chi connectivity index (χ0) is 26.7. The molecule has 3 N–H and O–H groups in total. The van der Waals surface area contributed by atoms with Crippen molar-refractivity contribution in [2.45, 2.75) is 24.9 Å². The van der Waals surface area contributed by atoms with Gasteiger partial charge in [0.15, 0.2) is 0 Å². The molecule has 1 saturated carbocycles. The minimum atomic E-state index is -1.71. The van der Waals surface area contributed by atoms with E-state index in [0.29, 0.717) is 32.7 Å². The van der Waals surface area contributed by atoms with Crippen molar-refractivity contribution in [3.8, 4) is 5.75 Å². The van der Waals surface area contributed by atoms with E-state index in [-0.39, 0.29) is 6.42 Å². The van der Waals surface area contributed by atoms with Crippen molar-refractivity contribution in [3.63, 3.8) is 0 Å². The summed E-state index contributed by atoms with van der Waals surface area (Å²) in [6.45, 7) is 1.45. The van der Waals surface area contributed by atoms with Crippen molar-refractivity contribution < 1.29 is 24.2 Å². The maximum atomic E-state index is 13.7. The first-order valence-corrected chi connectivity index (χ1v) is 12.4. The lowest BCUT2D eigenvalue weighted by Gasteiger charge is -2.44. The Morgan fingerprint density at radius 2 is 1.35 bits per heavy atom. The van der Waals surface area contributed by atoms with Crippen molar-refractivity contribution in [3.05, 3.63) is 88.4 Å². The molecule has 37 heavy (non-hydrogen) atoms. The lowest BCUT2D eigenvalue weighted by molar-refractivity contribution is -0.150. The molecule has 0 bridgehead atoms. The van der Waals surface area contributed by atoms with Crippen LogP contribution in [0.25, 0.3) is 0 Å². The van der Waals surface area contributed by atoms with Crippen LogP contribution >= 0.6 is 23.2 Å². The van der Waals surface area contributed by atoms with Crippen LogP contribution in [0.4, 0.5) is 11.4 Å². The highest BCUT2D eigenvalue weighted by molar-refractivity contribution is 6.31. The van der Waals surface area contributed by atoms with Gasteiger partial charge in [-0.15, -0.1) is 0 Å². The normalized spacial score (nSPS) is 23.3. The molecule has 0 aliphatic heterocycles. The molecular weight excluding hydrogens is 515 g/mol. The summed E-state index contributed by atoms with van der Waals surface area (Å²) >= 11 is 11.9. The summed E-state index contributed by atoms with van der Waals surface area (Å²) in [6, 6.07) is 19.8. The van der Waals surface area contributed by atoms with Gasteiger partial charge in [-0.3, -0.25) is 14.4 Å². The summed E-state index contributed by atoms with van der Waals surface area (Å²) in [4.78, 5) is 40.5. The van der Waals surface area contributed by atoms with Crippen LogP contribution in [0.1, 0.15) is 24.8 Å². The van der Waals surface area contributed by atoms with Crippen LogP contribution in [0.3, 0.4) is 0 Å². The molecule has 0 spiro atoms. The Labute approximate surface area is 224 Å². The number of aliphatic hydroxyl groups is 1. The molecule has 3 aromatic rings. The molecule has 3 aromatic carbocycles. The van der Waals surface area contributed by atoms with E-state index in [1.54, 1.807) is 72.8 Å². The molecule has 7 nitrogen and oxygen atoms in total. The second-order valence-electron chi connectivity index (χ2n) is 9.25. The highest BCUT2D eigenvalue weighted by atomic mass is 35.5. The Hall–Kier alpha value is -3.39. The van der Waals surface area contributed by atoms with Gasteiger partial charge in [-0.05, 0) is 73.2 Å². The number of rotatable bonds is 6. The van der Waals surface area contributed by atoms with Gasteiger partial charge in [-0.25, -0.2) is 0 Å². The lowest BCUT2D eigenvalue weighted by Crippen LogP contribution is -2.56. The second-order valence-corrected chi connectivity index (χ2v) is 10.1. The van der Waals surface area contributed by atoms with Crippen LogP contribution in [-0.4, -0.2) is 35.4 Å². The first-order chi connectivity index (χ1) is 17.6. The first-order valence-electron chi connectivity index (χ1n) is 11.6. The summed E-state index contributed by atoms with van der Waals surface area (Å²) < 4.78 is 5.25. The monoisotopic (exact) mass is 540 g/mol. The third kappa shape index (κ3) is 5.96. The third-order valence-electron chi connectivity index (χ3n) is 6.56. The predicted octanol–water partition coefficient (Wildman–Crippen LogP) is 5.32. The van der Waals surface area contributed by atoms with E-state index < -0.39 is 41.0 Å². The molecule has 1 aliphatic rings. The Balaban J connectivity index is 1.75. The van der Waals surface area contributed by atoms with Gasteiger partial charge in [-0.1, -0.05) is 35.3 Å². The van der Waals surface area contributed by atoms with E-state index in [1.165, 1.54) is 14.0 Å². The number of carbonyl (C=O) groups is 3. The Morgan fingerprint density at radius 3 is 1.84 bits per heavy atom. The highest BCUT2D eigenvalue weighted by Crippen LogP contribution is 2.47. The quantitative estimate of drug-likeness (QED) is 0.367. The Kier molecular flexibility index (Phi) is 7.87. The highest BCUT2D eigenvalue weighted by Gasteiger charge is 2.55. The number of benzene rings is 3. The number of nitrogens with one attached hydrogen (secondary N) is 2. The lowest BCUT2D eigenvalue weighted by atomic mass is 9.61. The average molecular weight is 541 g/mol. The third-order valence-corrected chi connectivity index (χ3v) is 7.06. The number of halogens is 2. The summed E-state index contributed by atoms with van der Waals surface area (Å²) in [5.41, 5.74) is -0.246. The van der Waals surface area contributed by atoms with Crippen LogP contribution in [0.5, 0.6) is 5.75 Å². The number of carbonyl (C=O) groups excluding carboxylic acids is 3. The number of ketones is 1. The van der Waals surface area contributed by atoms with E-state index in [4.69, 9.17) is 27.9 Å². The van der Waals surface area contributed by atoms with Gasteiger partial charge in [0.2, 0.25) is 11.8 Å². The molecule has 0 aromatic heterocycles. The first kappa shape index (κ1) is 26.7. The van der Waals surface area contributed by atoms with Gasteiger partial charge in [-0.2, -0.15) is 0 Å². The molecular formula is C28H26Cl2N2O5. The van der Waals surface area contributed by atoms with E-state index in [2.05, 4.69) is 10.6 Å². The summed E-state index contributed by atoms with van der Waals surface area (Å²) in [5, 5.41) is 17.9. The second kappa shape index (κ2) is 10.9. The number of ether oxygens (including phenoxy) is 1. The maximum Gasteiger partial charge on any atom is 0.235 e. The molecule has 0 saturated heterocycles. The standard InChI is InChI=1S/C28H26Cl2N2O5/c1-28(36)15-22(33)24(26(34)31-19-9-5-17(29)6-10-19)23(16-3-13-21(37-2)14-4-16)25(28)27(35)32-20-11-7-18(30)8-12-20/h3-14,23-25,36H,15H2,1-2H3,(H,31,34)(H,32,35)/t23-,24-,25+,28-/m0/s1. The number of hydrogen-bond acceptors (Lipinski definition) is 5. The number of hydrogen-bond donors (Lipinski definition) is 3. The predicted molar refractivity (Wildman–Crippen MR) is 143 cm³/mol. The largest absolute Gasteiger partial charge is 0.497 e. The van der Waals surface area contributed by atoms with Crippen LogP contribution in [-0.2, 0) is 14.4 Å². The van der Waals surface area contributed by atoms with Gasteiger partial charge in [0.1, 0.15) is 17.5 Å². The molecule has 1 aliphatic carbocycles. The molecule has 4 atom stereocenters. The minimum absolute atomic E-state index is 0.364. The van der Waals surface area contributed by atoms with Crippen LogP contribution < -0.4 is 15.4 Å². The van der Waals surface area contributed by atoms with Gasteiger partial charge in [0, 0.05) is 33.8 Å². The SMILES string of the molecule is COc1ccc([C@H]2[C@@H](C(=O)Nc3ccc(Cl)cc3)C(=O)C[C@](C)(O)[C@H]2C(=O)Nc2ccc(Cl)cc2)cc1. The number of Topliss-reactive ketones (excluding diaryl/α,β-unsaturated/α-hetero) is 1. The van der Waals surface area contributed by atoms with Gasteiger partial charge in [0.25, 0.3) is 0 Å². The van der Waals surface area contributed by atoms with Crippen LogP contribution in [0.15, 0.2) is 72.8 Å². The number of anilines is 2. The molecule has 2 amide bonds. The van der Waals surface area contributed by atoms with Crippen LogP contribution in [0, 0.1) is 11.8 Å². The van der Waals surface area contributed by atoms with Gasteiger partial charge >= 0.3 is 0 Å². The topological polar surface area (TPSA) is 105 Å². The van der Waals surface area contributed by atoms with Gasteiger partial charge in [0.05, 0.1) is 18.6 Å². The summed E-state index contributed by atoms with van der Waals surface area (Å²) in [5.74, 6) is -4.31. The van der Waals surface area contributed by atoms with Crippen molar-refractivity contribution in [1.29, 1.82) is 0 Å². The van der Waals surface area contributed by atoms with Crippen LogP contribution in [0.2, 0.25) is 10.0 Å². The van der Waals surface area contributed by atoms with Crippen molar-refractivity contribution in [1.82, 2.24) is 0 Å². The van der Waals surface area contributed by atoms with E-state index in [9.17, 15) is 19.5 Å². The zero-order valence-electron chi connectivity index (χ0n) is 20.2. The molecule has 192 valence electrons. The minimum Gasteiger partial charge on any atom is -0.497 e. The van der Waals surface area contributed by atoms with Crippen molar-refractivity contribution >= 4 is 52.2 Å². The maximum absolute atomic E-state index is 13.7. The van der Waals surface area contributed by atoms with Crippen molar-refractivity contribution in [2.24, 2.45) is 11.8 Å². The fourth-order valence-corrected chi connectivity index (χ4v) is 5.08. The molecule has 0 radical (unpaired) electrons. The van der Waals surface area contributed by atoms with E-state index in [0.717, 1.165) is 0 Å².